The molecule has 1 aromatic carbocycles. The van der Waals surface area contributed by atoms with E-state index in [9.17, 15) is 4.79 Å². The first kappa shape index (κ1) is 17.8. The van der Waals surface area contributed by atoms with Crippen LogP contribution in [0.25, 0.3) is 0 Å². The third-order valence-electron chi connectivity index (χ3n) is 3.47. The third kappa shape index (κ3) is 5.88. The molecule has 0 aliphatic heterocycles. The topological polar surface area (TPSA) is 42.0 Å². The average molecular weight is 349 g/mol. The maximum Gasteiger partial charge on any atom is 0.230 e. The summed E-state index contributed by atoms with van der Waals surface area (Å²) < 4.78 is 0. The quantitative estimate of drug-likeness (QED) is 0.821. The highest BCUT2D eigenvalue weighted by molar-refractivity contribution is 7.99. The molecule has 1 atom stereocenters. The zero-order valence-corrected chi connectivity index (χ0v) is 15.0. The number of hydrogen-bond donors (Lipinski definition) is 1. The molecule has 23 heavy (non-hydrogen) atoms. The number of carbonyl (C=O) groups is 1. The predicted molar refractivity (Wildman–Crippen MR) is 97.9 cm³/mol. The van der Waals surface area contributed by atoms with Gasteiger partial charge in [-0.25, -0.2) is 0 Å². The molecule has 1 aromatic heterocycles. The summed E-state index contributed by atoms with van der Waals surface area (Å²) in [5, 5.41) is 3.77. The Hall–Kier alpha value is -1.52. The smallest absolute Gasteiger partial charge is 0.230 e. The van der Waals surface area contributed by atoms with Crippen molar-refractivity contribution in [1.82, 2.24) is 10.3 Å². The molecule has 0 bridgehead atoms. The van der Waals surface area contributed by atoms with Gasteiger partial charge in [0.05, 0.1) is 5.75 Å². The molecule has 1 N–H and O–H groups in total. The lowest BCUT2D eigenvalue weighted by Crippen LogP contribution is -2.35. The van der Waals surface area contributed by atoms with Gasteiger partial charge in [0.25, 0.3) is 0 Å². The first-order valence-electron chi connectivity index (χ1n) is 7.57. The maximum absolute atomic E-state index is 12.0. The molecule has 0 radical (unpaired) electrons. The number of nitrogens with zero attached hydrogens (tertiary/aromatic N) is 1. The van der Waals surface area contributed by atoms with Gasteiger partial charge in [-0.05, 0) is 37.1 Å². The Morgan fingerprint density at radius 1 is 1.30 bits per heavy atom. The van der Waals surface area contributed by atoms with Gasteiger partial charge in [0.15, 0.2) is 0 Å². The Balaban J connectivity index is 1.74. The van der Waals surface area contributed by atoms with E-state index in [1.165, 1.54) is 0 Å². The predicted octanol–water partition coefficient (Wildman–Crippen LogP) is 4.02. The minimum atomic E-state index is 0.0446. The zero-order valence-electron chi connectivity index (χ0n) is 13.4. The first-order chi connectivity index (χ1) is 11.1. The van der Waals surface area contributed by atoms with Crippen molar-refractivity contribution >= 4 is 29.3 Å². The van der Waals surface area contributed by atoms with E-state index in [-0.39, 0.29) is 11.9 Å². The summed E-state index contributed by atoms with van der Waals surface area (Å²) in [7, 11) is 0. The van der Waals surface area contributed by atoms with Crippen molar-refractivity contribution in [3.05, 3.63) is 64.4 Å². The molecule has 0 unspecified atom stereocenters. The Labute approximate surface area is 146 Å². The molecule has 2 aromatic rings. The minimum Gasteiger partial charge on any atom is -0.353 e. The van der Waals surface area contributed by atoms with Gasteiger partial charge >= 0.3 is 0 Å². The molecular formula is C18H21ClN2OS. The number of pyridine rings is 1. The highest BCUT2D eigenvalue weighted by atomic mass is 35.5. The van der Waals surface area contributed by atoms with Crippen molar-refractivity contribution in [3.8, 4) is 0 Å². The largest absolute Gasteiger partial charge is 0.353 e. The average Bonchev–Trinajstić information content (AvgIpc) is 2.51. The number of aromatic nitrogens is 1. The molecule has 0 saturated carbocycles. The van der Waals surface area contributed by atoms with Crippen molar-refractivity contribution in [3.63, 3.8) is 0 Å². The Bertz CT molecular complexity index is 663. The number of hydrogen-bond acceptors (Lipinski definition) is 3. The van der Waals surface area contributed by atoms with Crippen molar-refractivity contribution in [2.75, 3.05) is 5.75 Å². The number of aryl methyl sites for hydroxylation is 1. The Morgan fingerprint density at radius 3 is 2.83 bits per heavy atom. The number of amides is 1. The van der Waals surface area contributed by atoms with E-state index in [2.05, 4.69) is 10.3 Å². The van der Waals surface area contributed by atoms with Crippen molar-refractivity contribution < 1.29 is 4.79 Å². The summed E-state index contributed by atoms with van der Waals surface area (Å²) >= 11 is 7.68. The van der Waals surface area contributed by atoms with Crippen LogP contribution in [0.1, 0.15) is 23.7 Å². The van der Waals surface area contributed by atoms with Gasteiger partial charge in [-0.3, -0.25) is 9.78 Å². The van der Waals surface area contributed by atoms with Crippen LogP contribution in [-0.2, 0) is 17.0 Å². The standard InChI is InChI=1S/C18H21ClN2OS/c1-13-6-5-9-20-17(13)10-14(2)21-18(22)12-23-11-15-7-3-4-8-16(15)19/h3-9,14H,10-12H2,1-2H3,(H,21,22)/t14-/m0/s1. The van der Waals surface area contributed by atoms with Crippen molar-refractivity contribution in [2.45, 2.75) is 32.1 Å². The summed E-state index contributed by atoms with van der Waals surface area (Å²) in [4.78, 5) is 16.4. The van der Waals surface area contributed by atoms with Crippen molar-refractivity contribution in [2.24, 2.45) is 0 Å². The van der Waals surface area contributed by atoms with Crippen LogP contribution in [0.2, 0.25) is 5.02 Å². The van der Waals surface area contributed by atoms with Gasteiger partial charge < -0.3 is 5.32 Å². The van der Waals surface area contributed by atoms with Crippen LogP contribution in [0, 0.1) is 6.92 Å². The van der Waals surface area contributed by atoms with Gasteiger partial charge in [-0.2, -0.15) is 0 Å². The Morgan fingerprint density at radius 2 is 2.09 bits per heavy atom. The molecule has 1 heterocycles. The molecule has 5 heteroatoms. The van der Waals surface area contributed by atoms with Crippen LogP contribution < -0.4 is 5.32 Å². The van der Waals surface area contributed by atoms with Gasteiger partial charge in [0, 0.05) is 35.1 Å². The highest BCUT2D eigenvalue weighted by Crippen LogP contribution is 2.20. The van der Waals surface area contributed by atoms with Crippen LogP contribution >= 0.6 is 23.4 Å². The maximum atomic E-state index is 12.0. The monoisotopic (exact) mass is 348 g/mol. The van der Waals surface area contributed by atoms with Crippen LogP contribution in [0.5, 0.6) is 0 Å². The van der Waals surface area contributed by atoms with Crippen LogP contribution in [0.4, 0.5) is 0 Å². The molecule has 0 aliphatic rings. The van der Waals surface area contributed by atoms with E-state index in [1.54, 1.807) is 18.0 Å². The van der Waals surface area contributed by atoms with Crippen LogP contribution in [0.15, 0.2) is 42.6 Å². The Kier molecular flexibility index (Phi) is 6.93. The second-order valence-corrected chi connectivity index (χ2v) is 6.92. The lowest BCUT2D eigenvalue weighted by atomic mass is 10.1. The highest BCUT2D eigenvalue weighted by Gasteiger charge is 2.10. The normalized spacial score (nSPS) is 12.0. The second-order valence-electron chi connectivity index (χ2n) is 5.52. The first-order valence-corrected chi connectivity index (χ1v) is 9.10. The fourth-order valence-electron chi connectivity index (χ4n) is 2.26. The molecule has 2 rings (SSSR count). The molecule has 0 saturated heterocycles. The fourth-order valence-corrected chi connectivity index (χ4v) is 3.38. The lowest BCUT2D eigenvalue weighted by Gasteiger charge is -2.14. The van der Waals surface area contributed by atoms with Gasteiger partial charge in [0.1, 0.15) is 0 Å². The number of carbonyl (C=O) groups excluding carboxylic acids is 1. The van der Waals surface area contributed by atoms with Crippen LogP contribution in [-0.4, -0.2) is 22.7 Å². The minimum absolute atomic E-state index is 0.0446. The summed E-state index contributed by atoms with van der Waals surface area (Å²) in [6.07, 6.45) is 2.53. The molecule has 0 spiro atoms. The summed E-state index contributed by atoms with van der Waals surface area (Å²) in [6, 6.07) is 11.7. The van der Waals surface area contributed by atoms with E-state index >= 15 is 0 Å². The number of benzene rings is 1. The summed E-state index contributed by atoms with van der Waals surface area (Å²) in [5.74, 6) is 1.21. The van der Waals surface area contributed by atoms with Gasteiger partial charge in [-0.1, -0.05) is 35.9 Å². The van der Waals surface area contributed by atoms with E-state index in [0.717, 1.165) is 34.0 Å². The van der Waals surface area contributed by atoms with E-state index in [4.69, 9.17) is 11.6 Å². The molecule has 3 nitrogen and oxygen atoms in total. The number of nitrogens with one attached hydrogen (secondary N) is 1. The second kappa shape index (κ2) is 8.94. The fraction of sp³-hybridized carbons (Fsp3) is 0.333. The summed E-state index contributed by atoms with van der Waals surface area (Å²) in [6.45, 7) is 4.04. The van der Waals surface area contributed by atoms with Crippen LogP contribution in [0.3, 0.4) is 0 Å². The van der Waals surface area contributed by atoms with E-state index in [1.807, 2.05) is 50.2 Å². The summed E-state index contributed by atoms with van der Waals surface area (Å²) in [5.41, 5.74) is 3.25. The third-order valence-corrected chi connectivity index (χ3v) is 4.82. The molecule has 0 aliphatic carbocycles. The van der Waals surface area contributed by atoms with Crippen molar-refractivity contribution in [1.29, 1.82) is 0 Å². The molecule has 1 amide bonds. The van der Waals surface area contributed by atoms with Gasteiger partial charge in [0.2, 0.25) is 5.91 Å². The number of halogens is 1. The molecular weight excluding hydrogens is 328 g/mol. The van der Waals surface area contributed by atoms with E-state index < -0.39 is 0 Å². The molecule has 0 fully saturated rings. The van der Waals surface area contributed by atoms with E-state index in [0.29, 0.717) is 5.75 Å². The number of thioether (sulfide) groups is 1. The SMILES string of the molecule is Cc1cccnc1C[C@H](C)NC(=O)CSCc1ccccc1Cl. The molecule has 122 valence electrons. The lowest BCUT2D eigenvalue weighted by molar-refractivity contribution is -0.119. The zero-order chi connectivity index (χ0) is 16.7. The number of rotatable bonds is 7. The van der Waals surface area contributed by atoms with Gasteiger partial charge in [-0.15, -0.1) is 11.8 Å².